The van der Waals surface area contributed by atoms with Gasteiger partial charge in [-0.3, -0.25) is 0 Å². The number of ether oxygens (including phenoxy) is 1. The van der Waals surface area contributed by atoms with Gasteiger partial charge in [-0.25, -0.2) is 4.98 Å². The van der Waals surface area contributed by atoms with Gasteiger partial charge in [-0.15, -0.1) is 0 Å². The van der Waals surface area contributed by atoms with Gasteiger partial charge in [0.15, 0.2) is 0 Å². The highest BCUT2D eigenvalue weighted by Gasteiger charge is 2.23. The summed E-state index contributed by atoms with van der Waals surface area (Å²) < 4.78 is 6.27. The fraction of sp³-hybridized carbons (Fsp3) is 0.636. The molecule has 0 radical (unpaired) electrons. The number of rotatable bonds is 3. The molecule has 1 heterocycles. The van der Waals surface area contributed by atoms with E-state index in [0.29, 0.717) is 11.2 Å². The highest BCUT2D eigenvalue weighted by molar-refractivity contribution is 7.71. The molecule has 0 unspecified atom stereocenters. The quantitative estimate of drug-likeness (QED) is 0.805. The zero-order chi connectivity index (χ0) is 11.6. The minimum atomic E-state index is -0.416. The number of aromatic nitrogens is 2. The Morgan fingerprint density at radius 2 is 2.00 bits per heavy atom. The van der Waals surface area contributed by atoms with Crippen molar-refractivity contribution in [3.8, 4) is 0 Å². The number of hydrogen-bond acceptors (Lipinski definition) is 3. The van der Waals surface area contributed by atoms with E-state index < -0.39 is 5.60 Å². The minimum Gasteiger partial charge on any atom is -0.368 e. The monoisotopic (exact) mass is 226 g/mol. The van der Waals surface area contributed by atoms with Gasteiger partial charge < -0.3 is 9.72 Å². The summed E-state index contributed by atoms with van der Waals surface area (Å²) in [5.41, 5.74) is 1.67. The Labute approximate surface area is 95.9 Å². The predicted molar refractivity (Wildman–Crippen MR) is 63.5 cm³/mol. The van der Waals surface area contributed by atoms with Crippen molar-refractivity contribution in [3.63, 3.8) is 0 Å². The van der Waals surface area contributed by atoms with Crippen molar-refractivity contribution in [2.24, 2.45) is 0 Å². The van der Waals surface area contributed by atoms with Gasteiger partial charge in [-0.1, -0.05) is 12.2 Å². The molecule has 1 N–H and O–H groups in total. The number of aromatic amines is 1. The van der Waals surface area contributed by atoms with Crippen molar-refractivity contribution in [2.75, 3.05) is 6.61 Å². The molecule has 4 heteroatoms. The summed E-state index contributed by atoms with van der Waals surface area (Å²) in [5, 5.41) is 0. The molecule has 0 spiro atoms. The topological polar surface area (TPSA) is 37.9 Å². The molecule has 3 nitrogen and oxygen atoms in total. The molecule has 0 aliphatic carbocycles. The van der Waals surface area contributed by atoms with Gasteiger partial charge in [0.1, 0.15) is 16.1 Å². The van der Waals surface area contributed by atoms with Crippen LogP contribution in [0.3, 0.4) is 0 Å². The number of hydrogen-bond donors (Lipinski definition) is 1. The second kappa shape index (κ2) is 4.41. The molecular weight excluding hydrogens is 208 g/mol. The van der Waals surface area contributed by atoms with Crippen LogP contribution in [-0.2, 0) is 10.3 Å². The first-order chi connectivity index (χ1) is 6.88. The molecule has 0 bridgehead atoms. The second-order valence-electron chi connectivity index (χ2n) is 4.08. The standard InChI is InChI=1S/C11H18N2OS/c1-6-14-11(4,5)10-12-8(3)7(2)9(15)13-10/h6H2,1-5H3,(H,12,13,15). The van der Waals surface area contributed by atoms with Gasteiger partial charge in [-0.05, 0) is 34.6 Å². The molecule has 15 heavy (non-hydrogen) atoms. The van der Waals surface area contributed by atoms with Crippen LogP contribution >= 0.6 is 12.2 Å². The molecule has 84 valence electrons. The van der Waals surface area contributed by atoms with E-state index in [0.717, 1.165) is 17.1 Å². The first-order valence-electron chi connectivity index (χ1n) is 5.10. The van der Waals surface area contributed by atoms with Crippen LogP contribution < -0.4 is 0 Å². The Bertz CT molecular complexity index is 410. The fourth-order valence-electron chi connectivity index (χ4n) is 1.36. The van der Waals surface area contributed by atoms with Gasteiger partial charge in [0.25, 0.3) is 0 Å². The smallest absolute Gasteiger partial charge is 0.139 e. The lowest BCUT2D eigenvalue weighted by atomic mass is 10.1. The van der Waals surface area contributed by atoms with E-state index in [1.807, 2.05) is 34.6 Å². The van der Waals surface area contributed by atoms with Crippen molar-refractivity contribution in [3.05, 3.63) is 21.7 Å². The SMILES string of the molecule is CCOC(C)(C)c1nc(=S)c(C)c(C)[nH]1. The molecule has 0 saturated carbocycles. The summed E-state index contributed by atoms with van der Waals surface area (Å²) in [7, 11) is 0. The molecule has 0 atom stereocenters. The first-order valence-corrected chi connectivity index (χ1v) is 5.51. The Kier molecular flexibility index (Phi) is 3.62. The third kappa shape index (κ3) is 2.63. The maximum absolute atomic E-state index is 5.63. The lowest BCUT2D eigenvalue weighted by molar-refractivity contribution is -0.0210. The summed E-state index contributed by atoms with van der Waals surface area (Å²) in [5.74, 6) is 0.789. The van der Waals surface area contributed by atoms with E-state index in [4.69, 9.17) is 17.0 Å². The third-order valence-electron chi connectivity index (χ3n) is 2.48. The average molecular weight is 226 g/mol. The highest BCUT2D eigenvalue weighted by Crippen LogP contribution is 2.21. The number of nitrogens with zero attached hydrogens (tertiary/aromatic N) is 1. The predicted octanol–water partition coefficient (Wildman–Crippen LogP) is 3.03. The first kappa shape index (κ1) is 12.3. The van der Waals surface area contributed by atoms with Gasteiger partial charge >= 0.3 is 0 Å². The second-order valence-corrected chi connectivity index (χ2v) is 4.47. The maximum Gasteiger partial charge on any atom is 0.139 e. The van der Waals surface area contributed by atoms with E-state index in [9.17, 15) is 0 Å². The Morgan fingerprint density at radius 3 is 2.47 bits per heavy atom. The van der Waals surface area contributed by atoms with Crippen molar-refractivity contribution in [1.82, 2.24) is 9.97 Å². The van der Waals surface area contributed by atoms with Crippen LogP contribution in [0.2, 0.25) is 0 Å². The maximum atomic E-state index is 5.63. The van der Waals surface area contributed by atoms with Crippen molar-refractivity contribution in [2.45, 2.75) is 40.2 Å². The van der Waals surface area contributed by atoms with E-state index in [2.05, 4.69) is 9.97 Å². The van der Waals surface area contributed by atoms with Crippen LogP contribution in [0.15, 0.2) is 0 Å². The van der Waals surface area contributed by atoms with Crippen molar-refractivity contribution >= 4 is 12.2 Å². The van der Waals surface area contributed by atoms with E-state index in [1.165, 1.54) is 0 Å². The molecule has 1 rings (SSSR count). The van der Waals surface area contributed by atoms with Crippen LogP contribution in [0.5, 0.6) is 0 Å². The summed E-state index contributed by atoms with van der Waals surface area (Å²) in [4.78, 5) is 7.60. The van der Waals surface area contributed by atoms with Crippen LogP contribution in [0, 0.1) is 18.5 Å². The van der Waals surface area contributed by atoms with Gasteiger partial charge in [-0.2, -0.15) is 0 Å². The van der Waals surface area contributed by atoms with E-state index in [1.54, 1.807) is 0 Å². The fourth-order valence-corrected chi connectivity index (χ4v) is 1.60. The minimum absolute atomic E-state index is 0.416. The number of aryl methyl sites for hydroxylation is 1. The molecule has 0 amide bonds. The Morgan fingerprint density at radius 1 is 1.40 bits per heavy atom. The molecule has 0 saturated heterocycles. The molecule has 0 aromatic carbocycles. The molecule has 0 aliphatic rings. The summed E-state index contributed by atoms with van der Waals surface area (Å²) in [6.45, 7) is 10.6. The van der Waals surface area contributed by atoms with E-state index in [-0.39, 0.29) is 0 Å². The van der Waals surface area contributed by atoms with Crippen molar-refractivity contribution < 1.29 is 4.74 Å². The largest absolute Gasteiger partial charge is 0.368 e. The Balaban J connectivity index is 3.22. The lowest BCUT2D eigenvalue weighted by Gasteiger charge is -2.24. The normalized spacial score (nSPS) is 11.8. The lowest BCUT2D eigenvalue weighted by Crippen LogP contribution is -2.25. The zero-order valence-corrected chi connectivity index (χ0v) is 10.8. The molecule has 0 fully saturated rings. The number of H-pyrrole nitrogens is 1. The van der Waals surface area contributed by atoms with Gasteiger partial charge in [0.05, 0.1) is 0 Å². The highest BCUT2D eigenvalue weighted by atomic mass is 32.1. The molecular formula is C11H18N2OS. The summed E-state index contributed by atoms with van der Waals surface area (Å²) >= 11 is 5.19. The van der Waals surface area contributed by atoms with Gasteiger partial charge in [0.2, 0.25) is 0 Å². The molecule has 0 aliphatic heterocycles. The van der Waals surface area contributed by atoms with Crippen LogP contribution in [-0.4, -0.2) is 16.6 Å². The van der Waals surface area contributed by atoms with E-state index >= 15 is 0 Å². The summed E-state index contributed by atoms with van der Waals surface area (Å²) in [6.07, 6.45) is 0. The molecule has 1 aromatic heterocycles. The third-order valence-corrected chi connectivity index (χ3v) is 2.88. The average Bonchev–Trinajstić information content (AvgIpc) is 2.13. The Hall–Kier alpha value is -0.740. The number of nitrogens with one attached hydrogen (secondary N) is 1. The van der Waals surface area contributed by atoms with Crippen LogP contribution in [0.4, 0.5) is 0 Å². The zero-order valence-electron chi connectivity index (χ0n) is 9.97. The van der Waals surface area contributed by atoms with Crippen LogP contribution in [0.1, 0.15) is 37.9 Å². The van der Waals surface area contributed by atoms with Crippen LogP contribution in [0.25, 0.3) is 0 Å². The van der Waals surface area contributed by atoms with Crippen molar-refractivity contribution in [1.29, 1.82) is 0 Å². The molecule has 1 aromatic rings. The summed E-state index contributed by atoms with van der Waals surface area (Å²) in [6, 6.07) is 0. The van der Waals surface area contributed by atoms with Gasteiger partial charge in [0, 0.05) is 17.9 Å².